The number of rotatable bonds is 1. The third-order valence-electron chi connectivity index (χ3n) is 4.13. The van der Waals surface area contributed by atoms with Gasteiger partial charge in [0, 0.05) is 31.1 Å². The van der Waals surface area contributed by atoms with Crippen molar-refractivity contribution in [2.24, 2.45) is 5.41 Å². The van der Waals surface area contributed by atoms with Gasteiger partial charge in [-0.2, -0.15) is 0 Å². The van der Waals surface area contributed by atoms with Gasteiger partial charge < -0.3 is 5.32 Å². The highest BCUT2D eigenvalue weighted by molar-refractivity contribution is 7.91. The molecule has 3 fully saturated rings. The number of hydrogen-bond acceptors (Lipinski definition) is 4. The van der Waals surface area contributed by atoms with Gasteiger partial charge in [-0.3, -0.25) is 4.90 Å². The zero-order valence-electron chi connectivity index (χ0n) is 8.91. The van der Waals surface area contributed by atoms with Crippen LogP contribution in [0.3, 0.4) is 0 Å². The molecule has 3 aliphatic heterocycles. The minimum absolute atomic E-state index is 0.321. The second kappa shape index (κ2) is 3.18. The van der Waals surface area contributed by atoms with Gasteiger partial charge >= 0.3 is 0 Å². The normalized spacial score (nSPS) is 38.3. The standard InChI is InChI=1S/C10H18N2O2S/c13-15(14)4-1-9(5-15)12-7-10(8-12)2-3-11-6-10/h9,11H,1-8H2. The molecule has 86 valence electrons. The molecule has 3 rings (SSSR count). The molecule has 0 aliphatic carbocycles. The zero-order chi connectivity index (χ0) is 10.5. The summed E-state index contributed by atoms with van der Waals surface area (Å²) in [4.78, 5) is 2.37. The van der Waals surface area contributed by atoms with Crippen LogP contribution in [0.15, 0.2) is 0 Å². The van der Waals surface area contributed by atoms with E-state index in [9.17, 15) is 8.42 Å². The lowest BCUT2D eigenvalue weighted by Crippen LogP contribution is -2.60. The molecule has 0 radical (unpaired) electrons. The van der Waals surface area contributed by atoms with E-state index in [1.54, 1.807) is 0 Å². The van der Waals surface area contributed by atoms with Crippen molar-refractivity contribution in [1.29, 1.82) is 0 Å². The molecule has 3 aliphatic rings. The summed E-state index contributed by atoms with van der Waals surface area (Å²) in [5.41, 5.74) is 0.492. The van der Waals surface area contributed by atoms with Gasteiger partial charge in [0.2, 0.25) is 0 Å². The lowest BCUT2D eigenvalue weighted by Gasteiger charge is -2.50. The Balaban J connectivity index is 1.59. The molecule has 3 heterocycles. The summed E-state index contributed by atoms with van der Waals surface area (Å²) >= 11 is 0. The van der Waals surface area contributed by atoms with Crippen LogP contribution in [0, 0.1) is 5.41 Å². The van der Waals surface area contributed by atoms with E-state index in [-0.39, 0.29) is 0 Å². The van der Waals surface area contributed by atoms with Gasteiger partial charge in [0.25, 0.3) is 0 Å². The first-order chi connectivity index (χ1) is 7.09. The largest absolute Gasteiger partial charge is 0.316 e. The molecule has 0 aromatic heterocycles. The maximum Gasteiger partial charge on any atom is 0.151 e. The smallest absolute Gasteiger partial charge is 0.151 e. The van der Waals surface area contributed by atoms with Crippen LogP contribution in [0.5, 0.6) is 0 Å². The molecule has 1 spiro atoms. The van der Waals surface area contributed by atoms with Crippen LogP contribution >= 0.6 is 0 Å². The quantitative estimate of drug-likeness (QED) is 0.658. The highest BCUT2D eigenvalue weighted by Crippen LogP contribution is 2.38. The van der Waals surface area contributed by atoms with Crippen molar-refractivity contribution in [3.8, 4) is 0 Å². The van der Waals surface area contributed by atoms with Crippen molar-refractivity contribution in [2.45, 2.75) is 18.9 Å². The van der Waals surface area contributed by atoms with E-state index in [1.807, 2.05) is 0 Å². The number of hydrogen-bond donors (Lipinski definition) is 1. The van der Waals surface area contributed by atoms with E-state index in [0.717, 1.165) is 32.6 Å². The van der Waals surface area contributed by atoms with Gasteiger partial charge in [0.15, 0.2) is 9.84 Å². The molecule has 1 unspecified atom stereocenters. The van der Waals surface area contributed by atoms with E-state index in [1.165, 1.54) is 6.42 Å². The molecular weight excluding hydrogens is 212 g/mol. The highest BCUT2D eigenvalue weighted by Gasteiger charge is 2.48. The molecule has 4 nitrogen and oxygen atoms in total. The highest BCUT2D eigenvalue weighted by atomic mass is 32.2. The summed E-state index contributed by atoms with van der Waals surface area (Å²) in [6.07, 6.45) is 2.12. The van der Waals surface area contributed by atoms with Gasteiger partial charge in [-0.15, -0.1) is 0 Å². The van der Waals surface area contributed by atoms with Crippen LogP contribution in [0.4, 0.5) is 0 Å². The Morgan fingerprint density at radius 2 is 2.13 bits per heavy atom. The van der Waals surface area contributed by atoms with Gasteiger partial charge in [-0.05, 0) is 19.4 Å². The summed E-state index contributed by atoms with van der Waals surface area (Å²) in [5.74, 6) is 0.802. The van der Waals surface area contributed by atoms with Crippen molar-refractivity contribution in [3.63, 3.8) is 0 Å². The van der Waals surface area contributed by atoms with Gasteiger partial charge in [0.05, 0.1) is 11.5 Å². The van der Waals surface area contributed by atoms with Crippen molar-refractivity contribution in [3.05, 3.63) is 0 Å². The summed E-state index contributed by atoms with van der Waals surface area (Å²) in [6, 6.07) is 0.321. The number of sulfone groups is 1. The third-order valence-corrected chi connectivity index (χ3v) is 5.88. The lowest BCUT2D eigenvalue weighted by molar-refractivity contribution is -0.0100. The van der Waals surface area contributed by atoms with Gasteiger partial charge in [0.1, 0.15) is 0 Å². The Labute approximate surface area is 90.9 Å². The van der Waals surface area contributed by atoms with Crippen LogP contribution < -0.4 is 5.32 Å². The molecule has 15 heavy (non-hydrogen) atoms. The lowest BCUT2D eigenvalue weighted by atomic mass is 9.78. The van der Waals surface area contributed by atoms with Crippen LogP contribution in [-0.2, 0) is 9.84 Å². The maximum absolute atomic E-state index is 11.4. The minimum atomic E-state index is -2.71. The number of nitrogens with one attached hydrogen (secondary N) is 1. The van der Waals surface area contributed by atoms with E-state index >= 15 is 0 Å². The van der Waals surface area contributed by atoms with E-state index in [0.29, 0.717) is 23.0 Å². The minimum Gasteiger partial charge on any atom is -0.316 e. The average molecular weight is 230 g/mol. The Kier molecular flexibility index (Phi) is 2.13. The zero-order valence-corrected chi connectivity index (χ0v) is 9.72. The summed E-state index contributed by atoms with van der Waals surface area (Å²) in [6.45, 7) is 4.49. The predicted octanol–water partition coefficient (Wildman–Crippen LogP) is -0.531. The molecule has 1 atom stereocenters. The topological polar surface area (TPSA) is 49.4 Å². The second-order valence-corrected chi connectivity index (χ2v) is 7.62. The SMILES string of the molecule is O=S1(=O)CCC(N2CC3(CCNC3)C2)C1. The summed E-state index contributed by atoms with van der Waals surface area (Å²) in [7, 11) is -2.71. The van der Waals surface area contributed by atoms with Crippen LogP contribution in [0.2, 0.25) is 0 Å². The van der Waals surface area contributed by atoms with E-state index in [4.69, 9.17) is 0 Å². The monoisotopic (exact) mass is 230 g/mol. The average Bonchev–Trinajstić information content (AvgIpc) is 2.67. The molecule has 0 amide bonds. The Morgan fingerprint density at radius 3 is 2.67 bits per heavy atom. The fourth-order valence-corrected chi connectivity index (χ4v) is 4.96. The fraction of sp³-hybridized carbons (Fsp3) is 1.00. The van der Waals surface area contributed by atoms with E-state index in [2.05, 4.69) is 10.2 Å². The molecule has 3 saturated heterocycles. The predicted molar refractivity (Wildman–Crippen MR) is 58.6 cm³/mol. The van der Waals surface area contributed by atoms with Crippen molar-refractivity contribution in [1.82, 2.24) is 10.2 Å². The van der Waals surface area contributed by atoms with Gasteiger partial charge in [-0.25, -0.2) is 8.42 Å². The van der Waals surface area contributed by atoms with Crippen LogP contribution in [-0.4, -0.2) is 57.0 Å². The van der Waals surface area contributed by atoms with Crippen molar-refractivity contribution in [2.75, 3.05) is 37.7 Å². The first kappa shape index (κ1) is 10.1. The first-order valence-corrected chi connectivity index (χ1v) is 7.56. The molecule has 0 aromatic carbocycles. The first-order valence-electron chi connectivity index (χ1n) is 5.74. The summed E-state index contributed by atoms with van der Waals surface area (Å²) in [5, 5.41) is 3.40. The maximum atomic E-state index is 11.4. The van der Waals surface area contributed by atoms with Crippen LogP contribution in [0.25, 0.3) is 0 Å². The fourth-order valence-electron chi connectivity index (χ4n) is 3.20. The molecule has 0 aromatic rings. The van der Waals surface area contributed by atoms with Crippen molar-refractivity contribution < 1.29 is 8.42 Å². The molecule has 1 N–H and O–H groups in total. The van der Waals surface area contributed by atoms with Crippen LogP contribution in [0.1, 0.15) is 12.8 Å². The second-order valence-electron chi connectivity index (χ2n) is 5.39. The molecule has 0 saturated carbocycles. The number of nitrogens with zero attached hydrogens (tertiary/aromatic N) is 1. The molecule has 5 heteroatoms. The Bertz CT molecular complexity index is 352. The number of likely N-dealkylation sites (tertiary alicyclic amines) is 1. The Morgan fingerprint density at radius 1 is 1.33 bits per heavy atom. The summed E-state index contributed by atoms with van der Waals surface area (Å²) < 4.78 is 22.7. The van der Waals surface area contributed by atoms with Gasteiger partial charge in [-0.1, -0.05) is 0 Å². The van der Waals surface area contributed by atoms with Crippen molar-refractivity contribution >= 4 is 9.84 Å². The third kappa shape index (κ3) is 1.70. The molecular formula is C10H18N2O2S. The Hall–Kier alpha value is -0.130. The molecule has 0 bridgehead atoms. The van der Waals surface area contributed by atoms with E-state index < -0.39 is 9.84 Å².